The molecule has 0 saturated carbocycles. The van der Waals surface area contributed by atoms with Crippen LogP contribution < -0.4 is 5.32 Å². The molecule has 18 heavy (non-hydrogen) atoms. The van der Waals surface area contributed by atoms with E-state index in [1.165, 1.54) is 16.8 Å². The van der Waals surface area contributed by atoms with Gasteiger partial charge in [0.05, 0.1) is 24.3 Å². The first-order valence-electron chi connectivity index (χ1n) is 6.11. The van der Waals surface area contributed by atoms with Gasteiger partial charge in [0.15, 0.2) is 0 Å². The molecule has 0 unspecified atom stereocenters. The summed E-state index contributed by atoms with van der Waals surface area (Å²) in [6.45, 7) is 8.09. The van der Waals surface area contributed by atoms with Gasteiger partial charge in [-0.15, -0.1) is 0 Å². The highest BCUT2D eigenvalue weighted by Crippen LogP contribution is 2.28. The molecule has 0 aliphatic rings. The number of nitrogens with zero attached hydrogens (tertiary/aromatic N) is 2. The van der Waals surface area contributed by atoms with Crippen molar-refractivity contribution >= 4 is 21.6 Å². The van der Waals surface area contributed by atoms with Crippen molar-refractivity contribution in [2.24, 2.45) is 0 Å². The Hall–Kier alpha value is -1.29. The predicted octanol–water partition coefficient (Wildman–Crippen LogP) is 3.89. The minimum Gasteiger partial charge on any atom is -0.378 e. The van der Waals surface area contributed by atoms with Crippen molar-refractivity contribution in [1.82, 2.24) is 9.55 Å². The number of anilines is 1. The molecule has 0 saturated heterocycles. The van der Waals surface area contributed by atoms with Crippen molar-refractivity contribution in [1.29, 1.82) is 0 Å². The van der Waals surface area contributed by atoms with E-state index >= 15 is 0 Å². The average molecular weight is 308 g/mol. The highest BCUT2D eigenvalue weighted by atomic mass is 79.9. The largest absolute Gasteiger partial charge is 0.378 e. The SMILES string of the molecule is CCn1cncc1CNc1c(C)cc(C)cc1Br. The van der Waals surface area contributed by atoms with Gasteiger partial charge in [0, 0.05) is 17.2 Å². The number of halogens is 1. The summed E-state index contributed by atoms with van der Waals surface area (Å²) in [5, 5.41) is 3.48. The number of imidazole rings is 1. The van der Waals surface area contributed by atoms with E-state index in [1.54, 1.807) is 0 Å². The Kier molecular flexibility index (Phi) is 4.07. The summed E-state index contributed by atoms with van der Waals surface area (Å²) in [5.74, 6) is 0. The third-order valence-corrected chi connectivity index (χ3v) is 3.64. The first-order valence-corrected chi connectivity index (χ1v) is 6.90. The molecule has 1 N–H and O–H groups in total. The van der Waals surface area contributed by atoms with Crippen LogP contribution in [0.2, 0.25) is 0 Å². The molecule has 0 atom stereocenters. The zero-order chi connectivity index (χ0) is 13.1. The molecule has 0 fully saturated rings. The zero-order valence-electron chi connectivity index (χ0n) is 11.0. The zero-order valence-corrected chi connectivity index (χ0v) is 12.6. The van der Waals surface area contributed by atoms with Crippen LogP contribution in [-0.4, -0.2) is 9.55 Å². The van der Waals surface area contributed by atoms with Crippen LogP contribution in [0.3, 0.4) is 0 Å². The molecule has 0 aliphatic heterocycles. The molecular weight excluding hydrogens is 290 g/mol. The minimum atomic E-state index is 0.788. The lowest BCUT2D eigenvalue weighted by Gasteiger charge is -2.13. The maximum Gasteiger partial charge on any atom is 0.0948 e. The highest BCUT2D eigenvalue weighted by molar-refractivity contribution is 9.10. The van der Waals surface area contributed by atoms with Gasteiger partial charge in [-0.1, -0.05) is 6.07 Å². The van der Waals surface area contributed by atoms with E-state index in [0.717, 1.165) is 23.2 Å². The summed E-state index contributed by atoms with van der Waals surface area (Å²) in [6.07, 6.45) is 3.78. The second kappa shape index (κ2) is 5.57. The predicted molar refractivity (Wildman–Crippen MR) is 78.8 cm³/mol. The first-order chi connectivity index (χ1) is 8.61. The second-order valence-electron chi connectivity index (χ2n) is 4.46. The molecule has 1 aromatic carbocycles. The topological polar surface area (TPSA) is 29.9 Å². The van der Waals surface area contributed by atoms with Gasteiger partial charge < -0.3 is 9.88 Å². The fourth-order valence-corrected chi connectivity index (χ4v) is 2.91. The number of hydrogen-bond acceptors (Lipinski definition) is 2. The molecule has 2 rings (SSSR count). The number of aromatic nitrogens is 2. The number of rotatable bonds is 4. The monoisotopic (exact) mass is 307 g/mol. The van der Waals surface area contributed by atoms with Gasteiger partial charge >= 0.3 is 0 Å². The van der Waals surface area contributed by atoms with Crippen molar-refractivity contribution in [3.63, 3.8) is 0 Å². The second-order valence-corrected chi connectivity index (χ2v) is 5.32. The van der Waals surface area contributed by atoms with Crippen LogP contribution in [0.1, 0.15) is 23.7 Å². The van der Waals surface area contributed by atoms with E-state index in [4.69, 9.17) is 0 Å². The van der Waals surface area contributed by atoms with Gasteiger partial charge in [0.25, 0.3) is 0 Å². The van der Waals surface area contributed by atoms with Crippen molar-refractivity contribution in [2.75, 3.05) is 5.32 Å². The van der Waals surface area contributed by atoms with Gasteiger partial charge in [-0.2, -0.15) is 0 Å². The van der Waals surface area contributed by atoms with E-state index in [2.05, 4.69) is 63.7 Å². The maximum atomic E-state index is 4.18. The van der Waals surface area contributed by atoms with E-state index in [1.807, 2.05) is 12.5 Å². The van der Waals surface area contributed by atoms with Crippen molar-refractivity contribution in [3.05, 3.63) is 46.0 Å². The molecule has 1 heterocycles. The molecule has 0 amide bonds. The van der Waals surface area contributed by atoms with Crippen molar-refractivity contribution in [2.45, 2.75) is 33.9 Å². The summed E-state index contributed by atoms with van der Waals surface area (Å²) in [7, 11) is 0. The van der Waals surface area contributed by atoms with Gasteiger partial charge in [-0.25, -0.2) is 4.98 Å². The molecule has 0 spiro atoms. The number of nitrogens with one attached hydrogen (secondary N) is 1. The van der Waals surface area contributed by atoms with Gasteiger partial charge in [0.1, 0.15) is 0 Å². The lowest BCUT2D eigenvalue weighted by atomic mass is 10.1. The normalized spacial score (nSPS) is 10.7. The molecule has 1 aromatic heterocycles. The summed E-state index contributed by atoms with van der Waals surface area (Å²) in [5.41, 5.74) is 4.88. The third-order valence-electron chi connectivity index (χ3n) is 3.02. The van der Waals surface area contributed by atoms with Crippen LogP contribution >= 0.6 is 15.9 Å². The Balaban J connectivity index is 2.16. The molecule has 4 heteroatoms. The summed E-state index contributed by atoms with van der Waals surface area (Å²) < 4.78 is 3.26. The summed E-state index contributed by atoms with van der Waals surface area (Å²) in [4.78, 5) is 4.18. The van der Waals surface area contributed by atoms with E-state index in [0.29, 0.717) is 0 Å². The van der Waals surface area contributed by atoms with E-state index < -0.39 is 0 Å². The van der Waals surface area contributed by atoms with Gasteiger partial charge in [0.2, 0.25) is 0 Å². The summed E-state index contributed by atoms with van der Waals surface area (Å²) >= 11 is 3.61. The molecule has 0 radical (unpaired) electrons. The van der Waals surface area contributed by atoms with E-state index in [9.17, 15) is 0 Å². The molecular formula is C14H18BrN3. The molecule has 0 aliphatic carbocycles. The molecule has 3 nitrogen and oxygen atoms in total. The van der Waals surface area contributed by atoms with E-state index in [-0.39, 0.29) is 0 Å². The quantitative estimate of drug-likeness (QED) is 0.928. The van der Waals surface area contributed by atoms with Crippen molar-refractivity contribution < 1.29 is 0 Å². The fourth-order valence-electron chi connectivity index (χ4n) is 2.10. The van der Waals surface area contributed by atoms with Crippen LogP contribution in [0.4, 0.5) is 5.69 Å². The van der Waals surface area contributed by atoms with Crippen LogP contribution in [-0.2, 0) is 13.1 Å². The average Bonchev–Trinajstić information content (AvgIpc) is 2.75. The van der Waals surface area contributed by atoms with Crippen molar-refractivity contribution in [3.8, 4) is 0 Å². The third kappa shape index (κ3) is 2.75. The molecule has 2 aromatic rings. The Labute approximate surface area is 116 Å². The lowest BCUT2D eigenvalue weighted by Crippen LogP contribution is -2.07. The van der Waals surface area contributed by atoms with Gasteiger partial charge in [-0.3, -0.25) is 0 Å². The Bertz CT molecular complexity index is 523. The standard InChI is InChI=1S/C14H18BrN3/c1-4-18-9-16-7-12(18)8-17-14-11(3)5-10(2)6-13(14)15/h5-7,9,17H,4,8H2,1-3H3. The molecule has 0 bridgehead atoms. The number of benzene rings is 1. The van der Waals surface area contributed by atoms with Gasteiger partial charge in [-0.05, 0) is 53.9 Å². The number of hydrogen-bond donors (Lipinski definition) is 1. The van der Waals surface area contributed by atoms with Crippen LogP contribution in [0.15, 0.2) is 29.1 Å². The maximum absolute atomic E-state index is 4.18. The Morgan fingerprint density at radius 1 is 1.33 bits per heavy atom. The number of aryl methyl sites for hydroxylation is 3. The first kappa shape index (κ1) is 13.1. The Morgan fingerprint density at radius 3 is 2.78 bits per heavy atom. The minimum absolute atomic E-state index is 0.788. The lowest BCUT2D eigenvalue weighted by molar-refractivity contribution is 0.719. The van der Waals surface area contributed by atoms with Crippen LogP contribution in [0.5, 0.6) is 0 Å². The molecule has 96 valence electrons. The van der Waals surface area contributed by atoms with Crippen LogP contribution in [0.25, 0.3) is 0 Å². The van der Waals surface area contributed by atoms with Crippen LogP contribution in [0, 0.1) is 13.8 Å². The summed E-state index contributed by atoms with van der Waals surface area (Å²) in [6, 6.07) is 4.32. The fraction of sp³-hybridized carbons (Fsp3) is 0.357. The smallest absolute Gasteiger partial charge is 0.0948 e. The Morgan fingerprint density at radius 2 is 2.11 bits per heavy atom. The highest BCUT2D eigenvalue weighted by Gasteiger charge is 2.06.